The van der Waals surface area contributed by atoms with Crippen molar-refractivity contribution in [1.29, 1.82) is 0 Å². The van der Waals surface area contributed by atoms with Gasteiger partial charge in [-0.3, -0.25) is 9.89 Å². The average molecular weight is 287 g/mol. The Labute approximate surface area is 122 Å². The van der Waals surface area contributed by atoms with Crippen molar-refractivity contribution in [3.63, 3.8) is 0 Å². The summed E-state index contributed by atoms with van der Waals surface area (Å²) < 4.78 is 5.53. The van der Waals surface area contributed by atoms with E-state index in [2.05, 4.69) is 20.2 Å². The van der Waals surface area contributed by atoms with E-state index in [9.17, 15) is 4.79 Å². The molecule has 3 rings (SSSR count). The molecule has 7 nitrogen and oxygen atoms in total. The molecule has 1 fully saturated rings. The number of hydrogen-bond donors (Lipinski definition) is 1. The molecule has 0 aromatic carbocycles. The summed E-state index contributed by atoms with van der Waals surface area (Å²) >= 11 is 0. The predicted molar refractivity (Wildman–Crippen MR) is 74.7 cm³/mol. The molecule has 0 spiro atoms. The largest absolute Gasteiger partial charge is 0.377 e. The molecule has 1 aliphatic rings. The minimum Gasteiger partial charge on any atom is -0.377 e. The summed E-state index contributed by atoms with van der Waals surface area (Å²) in [5.41, 5.74) is 2.34. The second-order valence-electron chi connectivity index (χ2n) is 5.05. The first kappa shape index (κ1) is 13.7. The van der Waals surface area contributed by atoms with Gasteiger partial charge in [0.15, 0.2) is 0 Å². The number of H-pyrrole nitrogens is 1. The molecule has 1 saturated heterocycles. The SMILES string of the molecule is Cc1nccc(C(=O)N2CCOC[C@H]2c2[nH]ncc2C)n1. The van der Waals surface area contributed by atoms with E-state index in [0.717, 1.165) is 11.3 Å². The van der Waals surface area contributed by atoms with Crippen molar-refractivity contribution in [2.24, 2.45) is 0 Å². The summed E-state index contributed by atoms with van der Waals surface area (Å²) in [6.07, 6.45) is 3.36. The van der Waals surface area contributed by atoms with Gasteiger partial charge < -0.3 is 9.64 Å². The van der Waals surface area contributed by atoms with Gasteiger partial charge in [-0.2, -0.15) is 5.10 Å². The van der Waals surface area contributed by atoms with Gasteiger partial charge in [-0.05, 0) is 25.5 Å². The summed E-state index contributed by atoms with van der Waals surface area (Å²) in [5, 5.41) is 7.00. The number of aromatic nitrogens is 4. The monoisotopic (exact) mass is 287 g/mol. The van der Waals surface area contributed by atoms with Gasteiger partial charge in [0.25, 0.3) is 5.91 Å². The fourth-order valence-corrected chi connectivity index (χ4v) is 2.50. The lowest BCUT2D eigenvalue weighted by Crippen LogP contribution is -2.44. The van der Waals surface area contributed by atoms with Crippen LogP contribution >= 0.6 is 0 Å². The minimum absolute atomic E-state index is 0.109. The van der Waals surface area contributed by atoms with E-state index in [1.54, 1.807) is 30.3 Å². The smallest absolute Gasteiger partial charge is 0.273 e. The van der Waals surface area contributed by atoms with Crippen molar-refractivity contribution in [2.45, 2.75) is 19.9 Å². The third-order valence-electron chi connectivity index (χ3n) is 3.59. The Morgan fingerprint density at radius 1 is 1.48 bits per heavy atom. The molecule has 7 heteroatoms. The summed E-state index contributed by atoms with van der Waals surface area (Å²) in [6.45, 7) is 5.25. The number of aryl methyl sites for hydroxylation is 2. The highest BCUT2D eigenvalue weighted by atomic mass is 16.5. The Hall–Kier alpha value is -2.28. The topological polar surface area (TPSA) is 84.0 Å². The number of ether oxygens (including phenoxy) is 1. The molecular weight excluding hydrogens is 270 g/mol. The van der Waals surface area contributed by atoms with Crippen molar-refractivity contribution in [1.82, 2.24) is 25.1 Å². The predicted octanol–water partition coefficient (Wildman–Crippen LogP) is 1.03. The summed E-state index contributed by atoms with van der Waals surface area (Å²) in [7, 11) is 0. The van der Waals surface area contributed by atoms with E-state index in [1.807, 2.05) is 6.92 Å². The lowest BCUT2D eigenvalue weighted by molar-refractivity contribution is -0.00440. The Bertz CT molecular complexity index is 654. The van der Waals surface area contributed by atoms with E-state index < -0.39 is 0 Å². The van der Waals surface area contributed by atoms with Gasteiger partial charge >= 0.3 is 0 Å². The van der Waals surface area contributed by atoms with Crippen LogP contribution in [-0.4, -0.2) is 50.7 Å². The standard InChI is InChI=1S/C14H17N5O2/c1-9-7-16-18-13(9)12-8-21-6-5-19(12)14(20)11-3-4-15-10(2)17-11/h3-4,7,12H,5-6,8H2,1-2H3,(H,16,18)/t12-/m0/s1. The lowest BCUT2D eigenvalue weighted by atomic mass is 10.1. The maximum Gasteiger partial charge on any atom is 0.273 e. The van der Waals surface area contributed by atoms with Crippen LogP contribution in [0.1, 0.15) is 33.6 Å². The van der Waals surface area contributed by atoms with Crippen LogP contribution in [0.5, 0.6) is 0 Å². The fourth-order valence-electron chi connectivity index (χ4n) is 2.50. The molecule has 0 aliphatic carbocycles. The number of amides is 1. The van der Waals surface area contributed by atoms with Crippen LogP contribution < -0.4 is 0 Å². The maximum atomic E-state index is 12.7. The Balaban J connectivity index is 1.91. The van der Waals surface area contributed by atoms with Crippen LogP contribution in [0.25, 0.3) is 0 Å². The van der Waals surface area contributed by atoms with Gasteiger partial charge in [0.1, 0.15) is 11.5 Å². The molecule has 21 heavy (non-hydrogen) atoms. The molecule has 1 atom stereocenters. The van der Waals surface area contributed by atoms with Crippen molar-refractivity contribution in [3.8, 4) is 0 Å². The average Bonchev–Trinajstić information content (AvgIpc) is 2.92. The Morgan fingerprint density at radius 3 is 3.05 bits per heavy atom. The number of carbonyl (C=O) groups excluding carboxylic acids is 1. The van der Waals surface area contributed by atoms with Gasteiger partial charge in [0.2, 0.25) is 0 Å². The third kappa shape index (κ3) is 2.64. The van der Waals surface area contributed by atoms with Crippen LogP contribution in [0.4, 0.5) is 0 Å². The Kier molecular flexibility index (Phi) is 3.66. The van der Waals surface area contributed by atoms with Crippen molar-refractivity contribution < 1.29 is 9.53 Å². The molecular formula is C14H17N5O2. The zero-order valence-electron chi connectivity index (χ0n) is 12.0. The van der Waals surface area contributed by atoms with E-state index in [1.165, 1.54) is 0 Å². The number of hydrogen-bond acceptors (Lipinski definition) is 5. The number of aromatic amines is 1. The second kappa shape index (κ2) is 5.61. The maximum absolute atomic E-state index is 12.7. The van der Waals surface area contributed by atoms with Crippen LogP contribution in [0, 0.1) is 13.8 Å². The first-order valence-corrected chi connectivity index (χ1v) is 6.85. The third-order valence-corrected chi connectivity index (χ3v) is 3.59. The normalized spacial score (nSPS) is 18.8. The summed E-state index contributed by atoms with van der Waals surface area (Å²) in [4.78, 5) is 22.7. The van der Waals surface area contributed by atoms with Crippen LogP contribution in [0.2, 0.25) is 0 Å². The van der Waals surface area contributed by atoms with E-state index in [4.69, 9.17) is 4.74 Å². The molecule has 0 saturated carbocycles. The number of carbonyl (C=O) groups is 1. The molecule has 1 aliphatic heterocycles. The van der Waals surface area contributed by atoms with E-state index >= 15 is 0 Å². The number of nitrogens with zero attached hydrogens (tertiary/aromatic N) is 4. The zero-order valence-corrected chi connectivity index (χ0v) is 12.0. The molecule has 110 valence electrons. The molecule has 2 aromatic rings. The van der Waals surface area contributed by atoms with Gasteiger partial charge in [-0.15, -0.1) is 0 Å². The van der Waals surface area contributed by atoms with Crippen LogP contribution in [0.15, 0.2) is 18.5 Å². The van der Waals surface area contributed by atoms with Crippen molar-refractivity contribution in [2.75, 3.05) is 19.8 Å². The van der Waals surface area contributed by atoms with E-state index in [-0.39, 0.29) is 11.9 Å². The fraction of sp³-hybridized carbons (Fsp3) is 0.429. The van der Waals surface area contributed by atoms with Crippen molar-refractivity contribution >= 4 is 5.91 Å². The first-order valence-electron chi connectivity index (χ1n) is 6.85. The number of nitrogens with one attached hydrogen (secondary N) is 1. The molecule has 3 heterocycles. The second-order valence-corrected chi connectivity index (χ2v) is 5.05. The quantitative estimate of drug-likeness (QED) is 0.892. The highest BCUT2D eigenvalue weighted by Crippen LogP contribution is 2.26. The molecule has 1 amide bonds. The summed E-state index contributed by atoms with van der Waals surface area (Å²) in [6, 6.07) is 1.48. The lowest BCUT2D eigenvalue weighted by Gasteiger charge is -2.35. The van der Waals surface area contributed by atoms with Gasteiger partial charge in [0, 0.05) is 12.7 Å². The van der Waals surface area contributed by atoms with E-state index in [0.29, 0.717) is 31.3 Å². The van der Waals surface area contributed by atoms with Gasteiger partial charge in [-0.1, -0.05) is 0 Å². The number of morpholine rings is 1. The molecule has 0 bridgehead atoms. The highest BCUT2D eigenvalue weighted by Gasteiger charge is 2.31. The zero-order chi connectivity index (χ0) is 14.8. The van der Waals surface area contributed by atoms with Crippen molar-refractivity contribution in [3.05, 3.63) is 41.2 Å². The summed E-state index contributed by atoms with van der Waals surface area (Å²) in [5.74, 6) is 0.478. The molecule has 0 unspecified atom stereocenters. The van der Waals surface area contributed by atoms with Crippen LogP contribution in [0.3, 0.4) is 0 Å². The van der Waals surface area contributed by atoms with Crippen LogP contribution in [-0.2, 0) is 4.74 Å². The Morgan fingerprint density at radius 2 is 2.33 bits per heavy atom. The minimum atomic E-state index is -0.163. The molecule has 2 aromatic heterocycles. The first-order chi connectivity index (χ1) is 10.2. The van der Waals surface area contributed by atoms with Gasteiger partial charge in [0.05, 0.1) is 31.1 Å². The van der Waals surface area contributed by atoms with Gasteiger partial charge in [-0.25, -0.2) is 9.97 Å². The number of rotatable bonds is 2. The molecule has 0 radical (unpaired) electrons. The molecule has 1 N–H and O–H groups in total. The highest BCUT2D eigenvalue weighted by molar-refractivity contribution is 5.92.